The Balaban J connectivity index is 1.24. The van der Waals surface area contributed by atoms with Gasteiger partial charge >= 0.3 is 282 Å². The Hall–Kier alpha value is -5.40. The molecule has 1 heterocycles. The quantitative estimate of drug-likeness (QED) is 0.131. The third-order valence-corrected chi connectivity index (χ3v) is 13.1. The van der Waals surface area contributed by atoms with Gasteiger partial charge in [0.1, 0.15) is 0 Å². The predicted octanol–water partition coefficient (Wildman–Crippen LogP) is 12.8. The number of nitrogens with zero attached hydrogens (tertiary/aromatic N) is 1. The molecule has 49 heavy (non-hydrogen) atoms. The maximum absolute atomic E-state index is 2.46. The summed E-state index contributed by atoms with van der Waals surface area (Å²) in [6, 6.07) is 61.0. The van der Waals surface area contributed by atoms with E-state index in [1.807, 2.05) is 0 Å². The monoisotopic (exact) mass is 691 g/mol. The van der Waals surface area contributed by atoms with Crippen molar-refractivity contribution in [3.05, 3.63) is 175 Å². The van der Waals surface area contributed by atoms with Gasteiger partial charge in [0.05, 0.1) is 0 Å². The van der Waals surface area contributed by atoms with Crippen LogP contribution < -0.4 is 4.90 Å². The first-order valence-corrected chi connectivity index (χ1v) is 18.7. The number of rotatable bonds is 4. The molecule has 1 aliphatic carbocycles. The Labute approximate surface area is 292 Å². The standard InChI is InChI=1S/C47H33NSe/c1-47(2)42-17-8-6-15-37(42)41-29-36(24-26-43(41)47)48(34-14-10-13-33(27-34)30-11-4-3-5-12-30)35-23-21-31-19-20-32-22-25-39-38-16-7-9-18-44(38)49-46(39)45(32)40(31)28-35/h3-29H,1-2H3. The van der Waals surface area contributed by atoms with Crippen LogP contribution in [0, 0.1) is 0 Å². The van der Waals surface area contributed by atoms with E-state index >= 15 is 0 Å². The van der Waals surface area contributed by atoms with Crippen molar-refractivity contribution in [3.8, 4) is 22.3 Å². The van der Waals surface area contributed by atoms with Gasteiger partial charge in [-0.1, -0.05) is 12.1 Å². The first-order chi connectivity index (χ1) is 24.0. The molecular weight excluding hydrogens is 657 g/mol. The van der Waals surface area contributed by atoms with Gasteiger partial charge in [-0.15, -0.1) is 0 Å². The van der Waals surface area contributed by atoms with Crippen molar-refractivity contribution in [2.24, 2.45) is 0 Å². The van der Waals surface area contributed by atoms with Crippen molar-refractivity contribution in [3.63, 3.8) is 0 Å². The van der Waals surface area contributed by atoms with Crippen LogP contribution in [0.1, 0.15) is 25.0 Å². The molecule has 0 saturated heterocycles. The van der Waals surface area contributed by atoms with Crippen LogP contribution in [0.15, 0.2) is 164 Å². The Morgan fingerprint density at radius 2 is 1.12 bits per heavy atom. The molecule has 10 rings (SSSR count). The van der Waals surface area contributed by atoms with Crippen LogP contribution in [0.2, 0.25) is 0 Å². The zero-order chi connectivity index (χ0) is 32.7. The fourth-order valence-electron chi connectivity index (χ4n) is 8.20. The summed E-state index contributed by atoms with van der Waals surface area (Å²) in [6.45, 7) is 4.70. The number of anilines is 3. The normalized spacial score (nSPS) is 13.3. The molecular formula is C47H33NSe. The summed E-state index contributed by atoms with van der Waals surface area (Å²) in [7, 11) is 0. The van der Waals surface area contributed by atoms with Gasteiger partial charge in [-0.3, -0.25) is 0 Å². The number of hydrogen-bond donors (Lipinski definition) is 0. The third-order valence-electron chi connectivity index (χ3n) is 10.6. The van der Waals surface area contributed by atoms with Crippen molar-refractivity contribution < 1.29 is 0 Å². The van der Waals surface area contributed by atoms with E-state index in [0.29, 0.717) is 0 Å². The summed E-state index contributed by atoms with van der Waals surface area (Å²) in [5.74, 6) is 0. The van der Waals surface area contributed by atoms with Crippen LogP contribution in [0.5, 0.6) is 0 Å². The van der Waals surface area contributed by atoms with Crippen molar-refractivity contribution in [2.75, 3.05) is 4.90 Å². The third kappa shape index (κ3) is 4.38. The van der Waals surface area contributed by atoms with E-state index in [-0.39, 0.29) is 19.9 Å². The second kappa shape index (κ2) is 10.8. The van der Waals surface area contributed by atoms with Gasteiger partial charge in [-0.2, -0.15) is 0 Å². The second-order valence-electron chi connectivity index (χ2n) is 13.8. The minimum absolute atomic E-state index is 0.0376. The van der Waals surface area contributed by atoms with Crippen molar-refractivity contribution in [1.29, 1.82) is 0 Å². The van der Waals surface area contributed by atoms with Crippen LogP contribution in [0.25, 0.3) is 63.1 Å². The van der Waals surface area contributed by atoms with Crippen molar-refractivity contribution >= 4 is 72.4 Å². The number of benzene rings is 8. The molecule has 232 valence electrons. The molecule has 0 unspecified atom stereocenters. The average molecular weight is 691 g/mol. The Kier molecular flexibility index (Phi) is 6.31. The molecule has 0 atom stereocenters. The second-order valence-corrected chi connectivity index (χ2v) is 16.0. The van der Waals surface area contributed by atoms with Crippen LogP contribution >= 0.6 is 0 Å². The van der Waals surface area contributed by atoms with E-state index in [2.05, 4.69) is 183 Å². The maximum atomic E-state index is 2.46. The summed E-state index contributed by atoms with van der Waals surface area (Å²) in [5.41, 5.74) is 11.3. The van der Waals surface area contributed by atoms with E-state index in [0.717, 1.165) is 17.1 Å². The molecule has 1 aliphatic rings. The van der Waals surface area contributed by atoms with Crippen LogP contribution in [-0.4, -0.2) is 14.5 Å². The first-order valence-electron chi connectivity index (χ1n) is 17.0. The van der Waals surface area contributed by atoms with Crippen molar-refractivity contribution in [1.82, 2.24) is 0 Å². The van der Waals surface area contributed by atoms with Gasteiger partial charge in [0.25, 0.3) is 0 Å². The summed E-state index contributed by atoms with van der Waals surface area (Å²) >= 11 is 0.263. The molecule has 0 radical (unpaired) electrons. The van der Waals surface area contributed by atoms with E-state index in [4.69, 9.17) is 0 Å². The Bertz CT molecular complexity index is 2750. The van der Waals surface area contributed by atoms with Gasteiger partial charge in [0.2, 0.25) is 0 Å². The molecule has 0 amide bonds. The molecule has 0 aliphatic heterocycles. The molecule has 1 nitrogen and oxygen atoms in total. The molecule has 8 aromatic carbocycles. The Morgan fingerprint density at radius 1 is 0.449 bits per heavy atom. The van der Waals surface area contributed by atoms with E-state index in [1.165, 1.54) is 74.2 Å². The molecule has 1 aromatic heterocycles. The van der Waals surface area contributed by atoms with E-state index < -0.39 is 0 Å². The molecule has 9 aromatic rings. The molecule has 0 bridgehead atoms. The molecule has 0 saturated carbocycles. The fraction of sp³-hybridized carbons (Fsp3) is 0.0638. The molecule has 0 N–H and O–H groups in total. The molecule has 0 spiro atoms. The van der Waals surface area contributed by atoms with Crippen LogP contribution in [0.4, 0.5) is 17.1 Å². The minimum atomic E-state index is -0.0376. The zero-order valence-electron chi connectivity index (χ0n) is 27.4. The number of hydrogen-bond acceptors (Lipinski definition) is 1. The Morgan fingerprint density at radius 3 is 2.04 bits per heavy atom. The van der Waals surface area contributed by atoms with E-state index in [9.17, 15) is 0 Å². The predicted molar refractivity (Wildman–Crippen MR) is 211 cm³/mol. The van der Waals surface area contributed by atoms with Gasteiger partial charge < -0.3 is 0 Å². The van der Waals surface area contributed by atoms with Gasteiger partial charge in [-0.25, -0.2) is 0 Å². The summed E-state index contributed by atoms with van der Waals surface area (Å²) in [5, 5.41) is 8.10. The summed E-state index contributed by atoms with van der Waals surface area (Å²) < 4.78 is 2.98. The van der Waals surface area contributed by atoms with Gasteiger partial charge in [0.15, 0.2) is 0 Å². The topological polar surface area (TPSA) is 3.24 Å². The van der Waals surface area contributed by atoms with Gasteiger partial charge in [-0.05, 0) is 0 Å². The van der Waals surface area contributed by atoms with Crippen LogP contribution in [0.3, 0.4) is 0 Å². The molecule has 2 heteroatoms. The van der Waals surface area contributed by atoms with Crippen molar-refractivity contribution in [2.45, 2.75) is 19.3 Å². The SMILES string of the molecule is CC1(C)c2ccccc2-c2cc(N(c3cccc(-c4ccccc4)c3)c3ccc4ccc5ccc6c7ccccc7[se]c6c5c4c3)ccc21. The van der Waals surface area contributed by atoms with E-state index in [1.54, 1.807) is 0 Å². The number of fused-ring (bicyclic) bond motifs is 10. The average Bonchev–Trinajstić information content (AvgIpc) is 3.64. The molecule has 0 fully saturated rings. The fourth-order valence-corrected chi connectivity index (χ4v) is 10.9. The zero-order valence-corrected chi connectivity index (χ0v) is 29.2. The summed E-state index contributed by atoms with van der Waals surface area (Å²) in [6.07, 6.45) is 0. The van der Waals surface area contributed by atoms with Gasteiger partial charge in [0, 0.05) is 0 Å². The summed E-state index contributed by atoms with van der Waals surface area (Å²) in [4.78, 5) is 2.46. The van der Waals surface area contributed by atoms with Crippen LogP contribution in [-0.2, 0) is 5.41 Å². The first kappa shape index (κ1) is 28.6.